The molecule has 6 heteroatoms. The zero-order valence-electron chi connectivity index (χ0n) is 12.9. The molecular weight excluding hydrogens is 321 g/mol. The van der Waals surface area contributed by atoms with Gasteiger partial charge in [-0.2, -0.15) is 5.10 Å². The van der Waals surface area contributed by atoms with E-state index in [1.165, 1.54) is 29.1 Å². The molecule has 0 aliphatic heterocycles. The number of aromatic carboxylic acids is 1. The number of benzene rings is 2. The fourth-order valence-electron chi connectivity index (χ4n) is 2.71. The molecule has 0 radical (unpaired) electrons. The highest BCUT2D eigenvalue weighted by molar-refractivity contribution is 6.03. The predicted molar refractivity (Wildman–Crippen MR) is 91.2 cm³/mol. The Morgan fingerprint density at radius 1 is 1.04 bits per heavy atom. The number of hydrogen-bond donors (Lipinski definition) is 1. The molecule has 5 nitrogen and oxygen atoms in total. The molecule has 0 saturated carbocycles. The van der Waals surface area contributed by atoms with Crippen LogP contribution in [0.1, 0.15) is 10.4 Å². The van der Waals surface area contributed by atoms with Crippen LogP contribution in [0.25, 0.3) is 28.0 Å². The Morgan fingerprint density at radius 3 is 2.44 bits per heavy atom. The summed E-state index contributed by atoms with van der Waals surface area (Å²) < 4.78 is 14.7. The minimum Gasteiger partial charge on any atom is -0.478 e. The molecule has 1 N–H and O–H groups in total. The predicted octanol–water partition coefficient (Wildman–Crippen LogP) is 3.92. The van der Waals surface area contributed by atoms with Gasteiger partial charge in [-0.15, -0.1) is 0 Å². The number of rotatable bonds is 3. The maximum absolute atomic E-state index is 13.2. The highest BCUT2D eigenvalue weighted by Gasteiger charge is 2.17. The lowest BCUT2D eigenvalue weighted by molar-refractivity contribution is 0.0699. The van der Waals surface area contributed by atoms with E-state index in [0.717, 1.165) is 5.56 Å². The smallest absolute Gasteiger partial charge is 0.336 e. The van der Waals surface area contributed by atoms with Crippen LogP contribution in [0.15, 0.2) is 66.9 Å². The molecule has 122 valence electrons. The van der Waals surface area contributed by atoms with Crippen LogP contribution in [0.2, 0.25) is 0 Å². The minimum atomic E-state index is -1.05. The van der Waals surface area contributed by atoms with Crippen molar-refractivity contribution in [3.63, 3.8) is 0 Å². The van der Waals surface area contributed by atoms with E-state index >= 15 is 0 Å². The Balaban J connectivity index is 1.99. The van der Waals surface area contributed by atoms with Gasteiger partial charge in [0.05, 0.1) is 28.5 Å². The van der Waals surface area contributed by atoms with Gasteiger partial charge in [0, 0.05) is 5.56 Å². The van der Waals surface area contributed by atoms with E-state index in [9.17, 15) is 14.3 Å². The zero-order valence-corrected chi connectivity index (χ0v) is 12.9. The molecule has 0 unspecified atom stereocenters. The molecule has 2 aromatic carbocycles. The van der Waals surface area contributed by atoms with E-state index in [-0.39, 0.29) is 11.4 Å². The number of hydrogen-bond acceptors (Lipinski definition) is 3. The summed E-state index contributed by atoms with van der Waals surface area (Å²) in [6, 6.07) is 16.6. The van der Waals surface area contributed by atoms with E-state index in [0.29, 0.717) is 22.4 Å². The Bertz CT molecular complexity index is 1070. The first-order chi connectivity index (χ1) is 12.1. The van der Waals surface area contributed by atoms with Gasteiger partial charge in [-0.1, -0.05) is 30.3 Å². The lowest BCUT2D eigenvalue weighted by atomic mass is 10.1. The largest absolute Gasteiger partial charge is 0.478 e. The summed E-state index contributed by atoms with van der Waals surface area (Å²) in [5, 5.41) is 14.2. The number of pyridine rings is 1. The number of carboxylic acid groups (broad SMARTS) is 1. The summed E-state index contributed by atoms with van der Waals surface area (Å²) in [5.74, 6) is -1.41. The van der Waals surface area contributed by atoms with Crippen molar-refractivity contribution in [2.75, 3.05) is 0 Å². The van der Waals surface area contributed by atoms with Gasteiger partial charge >= 0.3 is 5.97 Å². The van der Waals surface area contributed by atoms with Crippen LogP contribution in [0.5, 0.6) is 0 Å². The molecule has 0 fully saturated rings. The highest BCUT2D eigenvalue weighted by atomic mass is 19.1. The second-order valence-electron chi connectivity index (χ2n) is 5.50. The van der Waals surface area contributed by atoms with Crippen LogP contribution in [-0.4, -0.2) is 25.8 Å². The summed E-state index contributed by atoms with van der Waals surface area (Å²) in [4.78, 5) is 16.3. The van der Waals surface area contributed by atoms with Gasteiger partial charge in [0.25, 0.3) is 0 Å². The first kappa shape index (κ1) is 15.0. The van der Waals surface area contributed by atoms with E-state index in [2.05, 4.69) is 10.1 Å². The van der Waals surface area contributed by atoms with Crippen molar-refractivity contribution in [1.82, 2.24) is 14.8 Å². The van der Waals surface area contributed by atoms with Crippen LogP contribution < -0.4 is 0 Å². The molecule has 0 amide bonds. The number of nitrogens with zero attached hydrogens (tertiary/aromatic N) is 3. The normalized spacial score (nSPS) is 10.9. The van der Waals surface area contributed by atoms with Crippen LogP contribution in [-0.2, 0) is 0 Å². The van der Waals surface area contributed by atoms with E-state index < -0.39 is 5.97 Å². The molecule has 0 atom stereocenters. The van der Waals surface area contributed by atoms with Gasteiger partial charge in [-0.05, 0) is 30.3 Å². The molecule has 0 spiro atoms. The summed E-state index contributed by atoms with van der Waals surface area (Å²) in [6.07, 6.45) is 1.46. The number of halogens is 1. The molecule has 25 heavy (non-hydrogen) atoms. The van der Waals surface area contributed by atoms with E-state index in [1.54, 1.807) is 12.1 Å². The Morgan fingerprint density at radius 2 is 1.76 bits per heavy atom. The molecule has 0 saturated heterocycles. The lowest BCUT2D eigenvalue weighted by Gasteiger charge is -2.07. The van der Waals surface area contributed by atoms with Gasteiger partial charge in [0.2, 0.25) is 0 Å². The van der Waals surface area contributed by atoms with Crippen molar-refractivity contribution in [2.45, 2.75) is 0 Å². The third kappa shape index (κ3) is 2.63. The third-order valence-electron chi connectivity index (χ3n) is 3.91. The van der Waals surface area contributed by atoms with Gasteiger partial charge in [0.1, 0.15) is 5.82 Å². The zero-order chi connectivity index (χ0) is 17.4. The van der Waals surface area contributed by atoms with E-state index in [1.807, 2.05) is 30.3 Å². The van der Waals surface area contributed by atoms with Crippen LogP contribution in [0.4, 0.5) is 4.39 Å². The number of carbonyl (C=O) groups is 1. The number of fused-ring (bicyclic) bond motifs is 1. The summed E-state index contributed by atoms with van der Waals surface area (Å²) in [6.45, 7) is 0. The van der Waals surface area contributed by atoms with Crippen molar-refractivity contribution in [3.05, 3.63) is 78.2 Å². The molecule has 0 aliphatic carbocycles. The van der Waals surface area contributed by atoms with Gasteiger partial charge in [-0.3, -0.25) is 0 Å². The first-order valence-corrected chi connectivity index (χ1v) is 7.57. The van der Waals surface area contributed by atoms with Gasteiger partial charge in [0.15, 0.2) is 5.65 Å². The fourth-order valence-corrected chi connectivity index (χ4v) is 2.71. The average Bonchev–Trinajstić information content (AvgIpc) is 3.06. The van der Waals surface area contributed by atoms with Gasteiger partial charge in [-0.25, -0.2) is 18.9 Å². The van der Waals surface area contributed by atoms with Gasteiger partial charge < -0.3 is 5.11 Å². The van der Waals surface area contributed by atoms with Crippen LogP contribution in [0.3, 0.4) is 0 Å². The topological polar surface area (TPSA) is 68.0 Å². The minimum absolute atomic E-state index is 0.122. The van der Waals surface area contributed by atoms with Crippen LogP contribution >= 0.6 is 0 Å². The molecular formula is C19H12FN3O2. The monoisotopic (exact) mass is 333 g/mol. The van der Waals surface area contributed by atoms with Crippen molar-refractivity contribution < 1.29 is 14.3 Å². The second-order valence-corrected chi connectivity index (χ2v) is 5.50. The van der Waals surface area contributed by atoms with Crippen LogP contribution in [0, 0.1) is 5.82 Å². The number of carboxylic acids is 1. The second kappa shape index (κ2) is 5.83. The molecule has 4 aromatic rings. The lowest BCUT2D eigenvalue weighted by Crippen LogP contribution is -2.02. The average molecular weight is 333 g/mol. The van der Waals surface area contributed by atoms with Crippen molar-refractivity contribution in [2.24, 2.45) is 0 Å². The molecule has 2 heterocycles. The summed E-state index contributed by atoms with van der Waals surface area (Å²) >= 11 is 0. The quantitative estimate of drug-likeness (QED) is 0.617. The first-order valence-electron chi connectivity index (χ1n) is 7.57. The van der Waals surface area contributed by atoms with Crippen molar-refractivity contribution >= 4 is 17.0 Å². The standard InChI is InChI=1S/C19H12FN3O2/c20-13-6-8-14(9-7-13)23-18-16(11-21-23)15(19(24)25)10-17(22-18)12-4-2-1-3-5-12/h1-11H,(H,24,25). The maximum atomic E-state index is 13.2. The summed E-state index contributed by atoms with van der Waals surface area (Å²) in [5.41, 5.74) is 2.47. The third-order valence-corrected chi connectivity index (χ3v) is 3.91. The molecule has 0 bridgehead atoms. The van der Waals surface area contributed by atoms with Crippen molar-refractivity contribution in [1.29, 1.82) is 0 Å². The SMILES string of the molecule is O=C(O)c1cc(-c2ccccc2)nc2c1cnn2-c1ccc(F)cc1. The fraction of sp³-hybridized carbons (Fsp3) is 0. The molecule has 4 rings (SSSR count). The highest BCUT2D eigenvalue weighted by Crippen LogP contribution is 2.26. The molecule has 2 aromatic heterocycles. The Kier molecular flexibility index (Phi) is 3.50. The number of aromatic nitrogens is 3. The van der Waals surface area contributed by atoms with E-state index in [4.69, 9.17) is 0 Å². The van der Waals surface area contributed by atoms with Crippen molar-refractivity contribution in [3.8, 4) is 16.9 Å². The Labute approximate surface area is 142 Å². The molecule has 0 aliphatic rings. The Hall–Kier alpha value is -3.54. The summed E-state index contributed by atoms with van der Waals surface area (Å²) in [7, 11) is 0. The maximum Gasteiger partial charge on any atom is 0.336 e.